The maximum absolute atomic E-state index is 4.64. The molecule has 0 amide bonds. The van der Waals surface area contributed by atoms with Gasteiger partial charge in [-0.25, -0.2) is 4.98 Å². The first kappa shape index (κ1) is 15.3. The summed E-state index contributed by atoms with van der Waals surface area (Å²) in [7, 11) is 0. The monoisotopic (exact) mass is 320 g/mol. The predicted octanol–water partition coefficient (Wildman–Crippen LogP) is 4.25. The lowest BCUT2D eigenvalue weighted by Gasteiger charge is -2.35. The molecule has 1 atom stereocenters. The van der Waals surface area contributed by atoms with Crippen molar-refractivity contribution in [2.45, 2.75) is 45.2 Å². The number of H-pyrrole nitrogens is 1. The fourth-order valence-corrected chi connectivity index (χ4v) is 3.82. The van der Waals surface area contributed by atoms with Crippen LogP contribution in [0.4, 0.5) is 0 Å². The third-order valence-electron chi connectivity index (χ3n) is 5.10. The van der Waals surface area contributed by atoms with Crippen molar-refractivity contribution in [2.75, 3.05) is 6.54 Å². The Balaban J connectivity index is 1.65. The number of aromatic amines is 1. The van der Waals surface area contributed by atoms with Crippen molar-refractivity contribution >= 4 is 10.9 Å². The zero-order valence-electron chi connectivity index (χ0n) is 14.2. The summed E-state index contributed by atoms with van der Waals surface area (Å²) in [4.78, 5) is 15.1. The minimum Gasteiger partial charge on any atom is -0.348 e. The van der Waals surface area contributed by atoms with E-state index in [9.17, 15) is 0 Å². The number of benzene rings is 1. The summed E-state index contributed by atoms with van der Waals surface area (Å²) >= 11 is 0. The number of hydrogen-bond donors (Lipinski definition) is 1. The van der Waals surface area contributed by atoms with Crippen LogP contribution in [0, 0.1) is 0 Å². The number of rotatable bonds is 5. The Labute approximate surface area is 142 Å². The Morgan fingerprint density at radius 2 is 2.12 bits per heavy atom. The lowest BCUT2D eigenvalue weighted by Crippen LogP contribution is -2.35. The SMILES string of the molecule is CCCCC1c2nc[nH]c2CCN1Cc1ccnc2ccccc12. The predicted molar refractivity (Wildman–Crippen MR) is 96.7 cm³/mol. The summed E-state index contributed by atoms with van der Waals surface area (Å²) in [6, 6.07) is 11.0. The lowest BCUT2D eigenvalue weighted by atomic mass is 9.96. The molecule has 4 rings (SSSR count). The van der Waals surface area contributed by atoms with E-state index < -0.39 is 0 Å². The number of unbranched alkanes of at least 4 members (excludes halogenated alkanes) is 1. The average Bonchev–Trinajstić information content (AvgIpc) is 3.10. The number of fused-ring (bicyclic) bond motifs is 2. The molecule has 0 radical (unpaired) electrons. The van der Waals surface area contributed by atoms with Crippen LogP contribution in [-0.2, 0) is 13.0 Å². The van der Waals surface area contributed by atoms with Gasteiger partial charge in [0, 0.05) is 36.8 Å². The van der Waals surface area contributed by atoms with Gasteiger partial charge in [0.25, 0.3) is 0 Å². The summed E-state index contributed by atoms with van der Waals surface area (Å²) in [5, 5.41) is 1.27. The smallest absolute Gasteiger partial charge is 0.0925 e. The number of imidazole rings is 1. The van der Waals surface area contributed by atoms with E-state index >= 15 is 0 Å². The standard InChI is InChI=1S/C20H24N4/c1-2-3-8-19-20-18(22-14-23-20)10-12-24(19)13-15-9-11-21-17-7-5-4-6-16(15)17/h4-7,9,11,14,19H,2-3,8,10,12-13H2,1H3,(H,22,23). The third kappa shape index (κ3) is 2.82. The highest BCUT2D eigenvalue weighted by molar-refractivity contribution is 5.81. The Hall–Kier alpha value is -2.20. The highest BCUT2D eigenvalue weighted by atomic mass is 15.2. The minimum atomic E-state index is 0.423. The van der Waals surface area contributed by atoms with Gasteiger partial charge < -0.3 is 4.98 Å². The van der Waals surface area contributed by atoms with Gasteiger partial charge in [-0.05, 0) is 24.1 Å². The first-order valence-electron chi connectivity index (χ1n) is 8.95. The summed E-state index contributed by atoms with van der Waals surface area (Å²) in [5.74, 6) is 0. The van der Waals surface area contributed by atoms with Gasteiger partial charge in [-0.2, -0.15) is 0 Å². The molecule has 1 aliphatic rings. The molecule has 2 aromatic heterocycles. The van der Waals surface area contributed by atoms with Crippen LogP contribution in [0.2, 0.25) is 0 Å². The second kappa shape index (κ2) is 6.73. The van der Waals surface area contributed by atoms with Gasteiger partial charge in [-0.1, -0.05) is 38.0 Å². The topological polar surface area (TPSA) is 44.8 Å². The molecule has 1 unspecified atom stereocenters. The summed E-state index contributed by atoms with van der Waals surface area (Å²) in [5.41, 5.74) is 5.03. The molecule has 4 nitrogen and oxygen atoms in total. The van der Waals surface area contributed by atoms with E-state index in [4.69, 9.17) is 0 Å². The molecule has 1 aromatic carbocycles. The fourth-order valence-electron chi connectivity index (χ4n) is 3.82. The number of aromatic nitrogens is 3. The minimum absolute atomic E-state index is 0.423. The fraction of sp³-hybridized carbons (Fsp3) is 0.400. The van der Waals surface area contributed by atoms with E-state index in [1.54, 1.807) is 0 Å². The highest BCUT2D eigenvalue weighted by Crippen LogP contribution is 2.33. The van der Waals surface area contributed by atoms with E-state index in [0.717, 1.165) is 25.0 Å². The Kier molecular flexibility index (Phi) is 4.30. The van der Waals surface area contributed by atoms with Crippen molar-refractivity contribution < 1.29 is 0 Å². The highest BCUT2D eigenvalue weighted by Gasteiger charge is 2.29. The van der Waals surface area contributed by atoms with Crippen LogP contribution in [0.3, 0.4) is 0 Å². The number of nitrogens with one attached hydrogen (secondary N) is 1. The third-order valence-corrected chi connectivity index (χ3v) is 5.10. The molecule has 0 spiro atoms. The summed E-state index contributed by atoms with van der Waals surface area (Å²) < 4.78 is 0. The van der Waals surface area contributed by atoms with Gasteiger partial charge in [0.1, 0.15) is 0 Å². The molecule has 0 fully saturated rings. The first-order chi connectivity index (χ1) is 11.9. The van der Waals surface area contributed by atoms with E-state index in [1.807, 2.05) is 12.5 Å². The van der Waals surface area contributed by atoms with E-state index in [-0.39, 0.29) is 0 Å². The molecule has 124 valence electrons. The number of nitrogens with zero attached hydrogens (tertiary/aromatic N) is 3. The molecule has 3 aromatic rings. The molecule has 0 bridgehead atoms. The van der Waals surface area contributed by atoms with Crippen molar-refractivity contribution in [1.82, 2.24) is 19.9 Å². The van der Waals surface area contributed by atoms with Gasteiger partial charge in [0.05, 0.1) is 23.6 Å². The van der Waals surface area contributed by atoms with E-state index in [0.29, 0.717) is 6.04 Å². The van der Waals surface area contributed by atoms with Crippen molar-refractivity contribution in [3.63, 3.8) is 0 Å². The van der Waals surface area contributed by atoms with Gasteiger partial charge in [-0.3, -0.25) is 9.88 Å². The first-order valence-corrected chi connectivity index (χ1v) is 8.95. The number of hydrogen-bond acceptors (Lipinski definition) is 3. The van der Waals surface area contributed by atoms with Crippen LogP contribution in [-0.4, -0.2) is 26.4 Å². The maximum atomic E-state index is 4.64. The maximum Gasteiger partial charge on any atom is 0.0925 e. The molecule has 24 heavy (non-hydrogen) atoms. The van der Waals surface area contributed by atoms with Crippen LogP contribution < -0.4 is 0 Å². The molecular weight excluding hydrogens is 296 g/mol. The van der Waals surface area contributed by atoms with Crippen LogP contribution in [0.5, 0.6) is 0 Å². The van der Waals surface area contributed by atoms with Crippen molar-refractivity contribution in [3.05, 3.63) is 59.8 Å². The summed E-state index contributed by atoms with van der Waals surface area (Å²) in [6.45, 7) is 4.30. The van der Waals surface area contributed by atoms with Crippen LogP contribution in [0.1, 0.15) is 49.2 Å². The largest absolute Gasteiger partial charge is 0.348 e. The molecule has 4 heteroatoms. The molecule has 0 saturated heterocycles. The molecule has 3 heterocycles. The van der Waals surface area contributed by atoms with Gasteiger partial charge in [-0.15, -0.1) is 0 Å². The van der Waals surface area contributed by atoms with E-state index in [1.165, 1.54) is 41.6 Å². The quantitative estimate of drug-likeness (QED) is 0.764. The van der Waals surface area contributed by atoms with E-state index in [2.05, 4.69) is 57.1 Å². The number of para-hydroxylation sites is 1. The van der Waals surface area contributed by atoms with Crippen molar-refractivity contribution in [2.24, 2.45) is 0 Å². The second-order valence-electron chi connectivity index (χ2n) is 6.63. The molecular formula is C20H24N4. The van der Waals surface area contributed by atoms with Gasteiger partial charge in [0.2, 0.25) is 0 Å². The van der Waals surface area contributed by atoms with Crippen molar-refractivity contribution in [3.8, 4) is 0 Å². The van der Waals surface area contributed by atoms with Crippen LogP contribution >= 0.6 is 0 Å². The zero-order chi connectivity index (χ0) is 16.4. The molecule has 0 aliphatic carbocycles. The van der Waals surface area contributed by atoms with Crippen LogP contribution in [0.15, 0.2) is 42.9 Å². The van der Waals surface area contributed by atoms with Gasteiger partial charge in [0.15, 0.2) is 0 Å². The van der Waals surface area contributed by atoms with Crippen molar-refractivity contribution in [1.29, 1.82) is 0 Å². The Morgan fingerprint density at radius 3 is 3.04 bits per heavy atom. The zero-order valence-corrected chi connectivity index (χ0v) is 14.2. The number of pyridine rings is 1. The van der Waals surface area contributed by atoms with Gasteiger partial charge >= 0.3 is 0 Å². The molecule has 1 aliphatic heterocycles. The molecule has 1 N–H and O–H groups in total. The van der Waals surface area contributed by atoms with Crippen LogP contribution in [0.25, 0.3) is 10.9 Å². The Bertz CT molecular complexity index is 818. The average molecular weight is 320 g/mol. The Morgan fingerprint density at radius 1 is 1.21 bits per heavy atom. The summed E-state index contributed by atoms with van der Waals surface area (Å²) in [6.07, 6.45) is 8.49. The molecule has 0 saturated carbocycles. The lowest BCUT2D eigenvalue weighted by molar-refractivity contribution is 0.161. The second-order valence-corrected chi connectivity index (χ2v) is 6.63. The normalized spacial score (nSPS) is 18.0.